The summed E-state index contributed by atoms with van der Waals surface area (Å²) in [5, 5.41) is 0. The van der Waals surface area contributed by atoms with Crippen molar-refractivity contribution >= 4 is 0 Å². The molecule has 0 bridgehead atoms. The van der Waals surface area contributed by atoms with Crippen LogP contribution in [0.1, 0.15) is 18.4 Å². The summed E-state index contributed by atoms with van der Waals surface area (Å²) in [7, 11) is 0. The lowest BCUT2D eigenvalue weighted by molar-refractivity contribution is 0.0352. The van der Waals surface area contributed by atoms with Crippen LogP contribution in [0.3, 0.4) is 0 Å². The first-order valence-corrected chi connectivity index (χ1v) is 5.62. The maximum Gasteiger partial charge on any atom is 0.119 e. The monoisotopic (exact) mass is 206 g/mol. The summed E-state index contributed by atoms with van der Waals surface area (Å²) in [6.07, 6.45) is 2.40. The Labute approximate surface area is 91.2 Å². The van der Waals surface area contributed by atoms with Gasteiger partial charge in [-0.15, -0.1) is 0 Å². The molecule has 0 spiro atoms. The average molecular weight is 206 g/mol. The van der Waals surface area contributed by atoms with Gasteiger partial charge in [0, 0.05) is 12.5 Å². The number of ether oxygens (including phenoxy) is 2. The summed E-state index contributed by atoms with van der Waals surface area (Å²) < 4.78 is 11.2. The lowest BCUT2D eigenvalue weighted by Crippen LogP contribution is -2.23. The van der Waals surface area contributed by atoms with Gasteiger partial charge in [0.2, 0.25) is 0 Å². The second-order valence-corrected chi connectivity index (χ2v) is 4.21. The number of rotatable bonds is 3. The summed E-state index contributed by atoms with van der Waals surface area (Å²) in [4.78, 5) is 0. The highest BCUT2D eigenvalue weighted by atomic mass is 16.5. The van der Waals surface area contributed by atoms with Gasteiger partial charge in [-0.05, 0) is 37.5 Å². The summed E-state index contributed by atoms with van der Waals surface area (Å²) >= 11 is 0. The van der Waals surface area contributed by atoms with Crippen LogP contribution in [0.5, 0.6) is 5.75 Å². The van der Waals surface area contributed by atoms with Gasteiger partial charge in [0.15, 0.2) is 0 Å². The molecule has 1 aromatic carbocycles. The fourth-order valence-electron chi connectivity index (χ4n) is 1.86. The van der Waals surface area contributed by atoms with Crippen LogP contribution in [-0.2, 0) is 4.74 Å². The zero-order valence-corrected chi connectivity index (χ0v) is 9.24. The van der Waals surface area contributed by atoms with Crippen molar-refractivity contribution in [3.8, 4) is 5.75 Å². The van der Waals surface area contributed by atoms with E-state index >= 15 is 0 Å². The topological polar surface area (TPSA) is 18.5 Å². The molecule has 0 aromatic heterocycles. The van der Waals surface area contributed by atoms with Crippen molar-refractivity contribution in [2.45, 2.75) is 19.8 Å². The molecule has 1 heterocycles. The van der Waals surface area contributed by atoms with Gasteiger partial charge in [0.25, 0.3) is 0 Å². The lowest BCUT2D eigenvalue weighted by atomic mass is 10.0. The molecule has 2 rings (SSSR count). The highest BCUT2D eigenvalue weighted by molar-refractivity contribution is 5.27. The molecule has 2 heteroatoms. The van der Waals surface area contributed by atoms with E-state index in [9.17, 15) is 0 Å². The second kappa shape index (κ2) is 5.17. The van der Waals surface area contributed by atoms with E-state index in [2.05, 4.69) is 19.1 Å². The quantitative estimate of drug-likeness (QED) is 0.757. The van der Waals surface area contributed by atoms with Crippen LogP contribution in [0.25, 0.3) is 0 Å². The van der Waals surface area contributed by atoms with Crippen molar-refractivity contribution in [1.29, 1.82) is 0 Å². The van der Waals surface area contributed by atoms with Gasteiger partial charge in [-0.25, -0.2) is 0 Å². The van der Waals surface area contributed by atoms with Crippen LogP contribution in [0.2, 0.25) is 0 Å². The minimum absolute atomic E-state index is 0.569. The number of hydrogen-bond donors (Lipinski definition) is 0. The third kappa shape index (κ3) is 3.24. The zero-order chi connectivity index (χ0) is 10.5. The van der Waals surface area contributed by atoms with Crippen molar-refractivity contribution in [2.75, 3.05) is 19.8 Å². The Morgan fingerprint density at radius 2 is 2.40 bits per heavy atom. The van der Waals surface area contributed by atoms with Crippen molar-refractivity contribution in [3.05, 3.63) is 29.8 Å². The standard InChI is InChI=1S/C13H18O2/c1-11-4-2-6-13(8-11)15-10-12-5-3-7-14-9-12/h2,4,6,8,12H,3,5,7,9-10H2,1H3. The number of aryl methyl sites for hydroxylation is 1. The fourth-order valence-corrected chi connectivity index (χ4v) is 1.86. The third-order valence-corrected chi connectivity index (χ3v) is 2.73. The van der Waals surface area contributed by atoms with E-state index in [-0.39, 0.29) is 0 Å². The Morgan fingerprint density at radius 1 is 1.47 bits per heavy atom. The molecule has 0 aliphatic carbocycles. The normalized spacial score (nSPS) is 21.3. The smallest absolute Gasteiger partial charge is 0.119 e. The first-order chi connectivity index (χ1) is 7.34. The second-order valence-electron chi connectivity index (χ2n) is 4.21. The van der Waals surface area contributed by atoms with Crippen molar-refractivity contribution < 1.29 is 9.47 Å². The van der Waals surface area contributed by atoms with Gasteiger partial charge in [-0.2, -0.15) is 0 Å². The van der Waals surface area contributed by atoms with Crippen molar-refractivity contribution in [1.82, 2.24) is 0 Å². The van der Waals surface area contributed by atoms with E-state index in [1.54, 1.807) is 0 Å². The van der Waals surface area contributed by atoms with E-state index < -0.39 is 0 Å². The molecule has 82 valence electrons. The molecular weight excluding hydrogens is 188 g/mol. The van der Waals surface area contributed by atoms with E-state index in [0.29, 0.717) is 5.92 Å². The minimum Gasteiger partial charge on any atom is -0.493 e. The average Bonchev–Trinajstić information content (AvgIpc) is 2.28. The van der Waals surface area contributed by atoms with Gasteiger partial charge in [0.05, 0.1) is 13.2 Å². The Bertz CT molecular complexity index is 303. The molecule has 0 saturated carbocycles. The SMILES string of the molecule is Cc1cccc(OCC2CCCOC2)c1. The lowest BCUT2D eigenvalue weighted by Gasteiger charge is -2.22. The highest BCUT2D eigenvalue weighted by Gasteiger charge is 2.14. The molecule has 1 aliphatic heterocycles. The van der Waals surface area contributed by atoms with Gasteiger partial charge in [-0.3, -0.25) is 0 Å². The van der Waals surface area contributed by atoms with Gasteiger partial charge >= 0.3 is 0 Å². The van der Waals surface area contributed by atoms with Crippen LogP contribution in [0.15, 0.2) is 24.3 Å². The molecular formula is C13H18O2. The largest absolute Gasteiger partial charge is 0.493 e. The van der Waals surface area contributed by atoms with Gasteiger partial charge < -0.3 is 9.47 Å². The van der Waals surface area contributed by atoms with E-state index in [1.165, 1.54) is 18.4 Å². The molecule has 1 atom stereocenters. The molecule has 1 saturated heterocycles. The number of benzene rings is 1. The summed E-state index contributed by atoms with van der Waals surface area (Å²) in [5.41, 5.74) is 1.24. The molecule has 0 amide bonds. The summed E-state index contributed by atoms with van der Waals surface area (Å²) in [6.45, 7) is 4.63. The van der Waals surface area contributed by atoms with Crippen molar-refractivity contribution in [2.24, 2.45) is 5.92 Å². The Balaban J connectivity index is 1.81. The van der Waals surface area contributed by atoms with Crippen LogP contribution < -0.4 is 4.74 Å². The third-order valence-electron chi connectivity index (χ3n) is 2.73. The van der Waals surface area contributed by atoms with Crippen LogP contribution in [0, 0.1) is 12.8 Å². The van der Waals surface area contributed by atoms with Gasteiger partial charge in [0.1, 0.15) is 5.75 Å². The van der Waals surface area contributed by atoms with E-state index in [0.717, 1.165) is 25.6 Å². The van der Waals surface area contributed by atoms with Crippen LogP contribution in [0.4, 0.5) is 0 Å². The summed E-state index contributed by atoms with van der Waals surface area (Å²) in [5.74, 6) is 1.54. The molecule has 1 aliphatic rings. The molecule has 2 nitrogen and oxygen atoms in total. The Kier molecular flexibility index (Phi) is 3.62. The predicted molar refractivity (Wildman–Crippen MR) is 60.2 cm³/mol. The molecule has 1 unspecified atom stereocenters. The molecule has 15 heavy (non-hydrogen) atoms. The first-order valence-electron chi connectivity index (χ1n) is 5.62. The Morgan fingerprint density at radius 3 is 3.13 bits per heavy atom. The minimum atomic E-state index is 0.569. The van der Waals surface area contributed by atoms with Crippen LogP contribution >= 0.6 is 0 Å². The van der Waals surface area contributed by atoms with E-state index in [1.807, 2.05) is 12.1 Å². The number of hydrogen-bond acceptors (Lipinski definition) is 2. The van der Waals surface area contributed by atoms with Crippen LogP contribution in [-0.4, -0.2) is 19.8 Å². The Hall–Kier alpha value is -1.02. The van der Waals surface area contributed by atoms with E-state index in [4.69, 9.17) is 9.47 Å². The maximum atomic E-state index is 5.75. The maximum absolute atomic E-state index is 5.75. The fraction of sp³-hybridized carbons (Fsp3) is 0.538. The zero-order valence-electron chi connectivity index (χ0n) is 9.24. The summed E-state index contributed by atoms with van der Waals surface area (Å²) in [6, 6.07) is 8.19. The molecule has 0 radical (unpaired) electrons. The predicted octanol–water partition coefficient (Wildman–Crippen LogP) is 2.80. The van der Waals surface area contributed by atoms with Gasteiger partial charge in [-0.1, -0.05) is 12.1 Å². The highest BCUT2D eigenvalue weighted by Crippen LogP contribution is 2.17. The molecule has 0 N–H and O–H groups in total. The van der Waals surface area contributed by atoms with Crippen molar-refractivity contribution in [3.63, 3.8) is 0 Å². The molecule has 1 aromatic rings. The molecule has 1 fully saturated rings. The first kappa shape index (κ1) is 10.5.